The Hall–Kier alpha value is -0.450. The van der Waals surface area contributed by atoms with Crippen molar-refractivity contribution >= 4 is 29.2 Å². The molecule has 1 nitrogen and oxygen atoms in total. The Kier molecular flexibility index (Phi) is 7.57. The van der Waals surface area contributed by atoms with Gasteiger partial charge in [-0.15, -0.1) is 0 Å². The second-order valence-corrected chi connectivity index (χ2v) is 5.12. The zero-order chi connectivity index (χ0) is 12.8. The average molecular weight is 295 g/mol. The summed E-state index contributed by atoms with van der Waals surface area (Å²) in [4.78, 5) is 2.04. The Balaban J connectivity index is 0.00000180. The van der Waals surface area contributed by atoms with E-state index in [0.717, 1.165) is 13.1 Å². The predicted molar refractivity (Wildman–Crippen MR) is 82.1 cm³/mol. The SMILES string of the molecule is S=C([S-])N(Cc1ccccc1)Cc1ccccc1.[Na+]. The Labute approximate surface area is 147 Å². The second-order valence-electron chi connectivity index (χ2n) is 4.09. The first-order valence-corrected chi connectivity index (χ1v) is 6.61. The van der Waals surface area contributed by atoms with Crippen LogP contribution < -0.4 is 29.6 Å². The molecule has 0 N–H and O–H groups in total. The van der Waals surface area contributed by atoms with Crippen LogP contribution in [0.15, 0.2) is 60.7 Å². The van der Waals surface area contributed by atoms with Crippen LogP contribution in [0.2, 0.25) is 0 Å². The first-order chi connectivity index (χ1) is 8.75. The van der Waals surface area contributed by atoms with Crippen molar-refractivity contribution in [1.82, 2.24) is 4.90 Å². The van der Waals surface area contributed by atoms with Crippen molar-refractivity contribution < 1.29 is 29.6 Å². The second kappa shape index (κ2) is 8.67. The van der Waals surface area contributed by atoms with Gasteiger partial charge in [0.2, 0.25) is 0 Å². The Morgan fingerprint density at radius 3 is 1.53 bits per heavy atom. The normalized spacial score (nSPS) is 9.47. The third-order valence-corrected chi connectivity index (χ3v) is 3.21. The van der Waals surface area contributed by atoms with E-state index < -0.39 is 0 Å². The van der Waals surface area contributed by atoms with Crippen molar-refractivity contribution in [1.29, 1.82) is 0 Å². The molecule has 92 valence electrons. The van der Waals surface area contributed by atoms with Gasteiger partial charge in [-0.05, 0) is 11.1 Å². The summed E-state index contributed by atoms with van der Waals surface area (Å²) in [6, 6.07) is 20.5. The van der Waals surface area contributed by atoms with E-state index in [0.29, 0.717) is 4.32 Å². The molecule has 0 radical (unpaired) electrons. The molecule has 0 aliphatic carbocycles. The van der Waals surface area contributed by atoms with Crippen LogP contribution in [-0.2, 0) is 25.7 Å². The van der Waals surface area contributed by atoms with Crippen molar-refractivity contribution in [2.24, 2.45) is 0 Å². The van der Waals surface area contributed by atoms with Crippen LogP contribution in [0.25, 0.3) is 0 Å². The van der Waals surface area contributed by atoms with Gasteiger partial charge in [0.25, 0.3) is 0 Å². The van der Waals surface area contributed by atoms with Gasteiger partial charge in [0, 0.05) is 13.1 Å². The summed E-state index contributed by atoms with van der Waals surface area (Å²) in [6.45, 7) is 1.52. The van der Waals surface area contributed by atoms with E-state index in [1.54, 1.807) is 0 Å². The predicted octanol–water partition coefficient (Wildman–Crippen LogP) is 0.525. The molecule has 19 heavy (non-hydrogen) atoms. The number of rotatable bonds is 4. The van der Waals surface area contributed by atoms with Crippen LogP contribution in [0.3, 0.4) is 0 Å². The third-order valence-electron chi connectivity index (χ3n) is 2.69. The molecule has 0 aliphatic rings. The maximum atomic E-state index is 5.16. The smallest absolute Gasteiger partial charge is 0.411 e. The van der Waals surface area contributed by atoms with Crippen molar-refractivity contribution in [3.63, 3.8) is 0 Å². The molecule has 0 amide bonds. The van der Waals surface area contributed by atoms with Crippen LogP contribution in [-0.4, -0.2) is 9.22 Å². The number of thiocarbonyl (C=S) groups is 1. The molecule has 0 atom stereocenters. The molecule has 0 saturated heterocycles. The molecular formula is C15H14NNaS2. The van der Waals surface area contributed by atoms with Crippen molar-refractivity contribution in [2.45, 2.75) is 13.1 Å². The molecule has 0 heterocycles. The fourth-order valence-corrected chi connectivity index (χ4v) is 2.05. The van der Waals surface area contributed by atoms with Crippen molar-refractivity contribution in [3.05, 3.63) is 71.8 Å². The maximum Gasteiger partial charge on any atom is 1.00 e. The average Bonchev–Trinajstić information content (AvgIpc) is 2.40. The number of nitrogens with zero attached hydrogens (tertiary/aromatic N) is 1. The summed E-state index contributed by atoms with van der Waals surface area (Å²) < 4.78 is 0.516. The molecule has 4 heteroatoms. The Morgan fingerprint density at radius 1 is 0.842 bits per heavy atom. The standard InChI is InChI=1S/C15H15NS2.Na/c17-15(18)16(11-13-7-3-1-4-8-13)12-14-9-5-2-6-10-14;/h1-10H,11-12H2,(H,17,18);/q;+1/p-1. The number of hydrogen-bond donors (Lipinski definition) is 0. The summed E-state index contributed by atoms with van der Waals surface area (Å²) in [6.07, 6.45) is 0. The van der Waals surface area contributed by atoms with Gasteiger partial charge >= 0.3 is 29.6 Å². The van der Waals surface area contributed by atoms with Crippen LogP contribution in [0.1, 0.15) is 11.1 Å². The van der Waals surface area contributed by atoms with Crippen LogP contribution in [0.5, 0.6) is 0 Å². The van der Waals surface area contributed by atoms with Gasteiger partial charge in [-0.25, -0.2) is 0 Å². The van der Waals surface area contributed by atoms with Gasteiger partial charge in [-0.2, -0.15) is 0 Å². The van der Waals surface area contributed by atoms with Gasteiger partial charge < -0.3 is 29.7 Å². The Morgan fingerprint density at radius 2 is 1.21 bits per heavy atom. The zero-order valence-electron chi connectivity index (χ0n) is 11.0. The molecule has 2 aromatic carbocycles. The summed E-state index contributed by atoms with van der Waals surface area (Å²) in [7, 11) is 0. The van der Waals surface area contributed by atoms with E-state index in [-0.39, 0.29) is 29.6 Å². The van der Waals surface area contributed by atoms with E-state index >= 15 is 0 Å². The monoisotopic (exact) mass is 295 g/mol. The van der Waals surface area contributed by atoms with E-state index in [1.165, 1.54) is 11.1 Å². The summed E-state index contributed by atoms with van der Waals surface area (Å²) in [5, 5.41) is 0. The molecular weight excluding hydrogens is 281 g/mol. The van der Waals surface area contributed by atoms with Crippen LogP contribution in [0, 0.1) is 0 Å². The minimum atomic E-state index is 0. The molecule has 0 fully saturated rings. The quantitative estimate of drug-likeness (QED) is 0.460. The van der Waals surface area contributed by atoms with E-state index in [2.05, 4.69) is 24.3 Å². The fraction of sp³-hybridized carbons (Fsp3) is 0.133. The zero-order valence-corrected chi connectivity index (χ0v) is 14.6. The van der Waals surface area contributed by atoms with Crippen molar-refractivity contribution in [3.8, 4) is 0 Å². The van der Waals surface area contributed by atoms with Crippen LogP contribution in [0.4, 0.5) is 0 Å². The minimum absolute atomic E-state index is 0. The number of hydrogen-bond acceptors (Lipinski definition) is 2. The van der Waals surface area contributed by atoms with Gasteiger partial charge in [-0.3, -0.25) is 0 Å². The van der Waals surface area contributed by atoms with Gasteiger partial charge in [0.15, 0.2) is 0 Å². The molecule has 0 unspecified atom stereocenters. The van der Waals surface area contributed by atoms with E-state index in [1.807, 2.05) is 41.3 Å². The fourth-order valence-electron chi connectivity index (χ4n) is 1.79. The van der Waals surface area contributed by atoms with E-state index in [9.17, 15) is 0 Å². The Bertz CT molecular complexity index is 461. The van der Waals surface area contributed by atoms with Gasteiger partial charge in [0.05, 0.1) is 0 Å². The molecule has 0 aliphatic heterocycles. The van der Waals surface area contributed by atoms with E-state index in [4.69, 9.17) is 24.8 Å². The van der Waals surface area contributed by atoms with Gasteiger partial charge in [0.1, 0.15) is 0 Å². The first kappa shape index (κ1) is 16.6. The molecule has 0 saturated carbocycles. The topological polar surface area (TPSA) is 3.24 Å². The van der Waals surface area contributed by atoms with Gasteiger partial charge in [-0.1, -0.05) is 65.0 Å². The molecule has 2 rings (SSSR count). The molecule has 0 aromatic heterocycles. The summed E-state index contributed by atoms with van der Waals surface area (Å²) >= 11 is 10.3. The number of benzene rings is 2. The molecule has 0 bridgehead atoms. The minimum Gasteiger partial charge on any atom is -0.411 e. The maximum absolute atomic E-state index is 5.16. The summed E-state index contributed by atoms with van der Waals surface area (Å²) in [5.41, 5.74) is 2.45. The van der Waals surface area contributed by atoms with Crippen molar-refractivity contribution in [2.75, 3.05) is 0 Å². The third kappa shape index (κ3) is 5.59. The van der Waals surface area contributed by atoms with Crippen LogP contribution >= 0.6 is 12.2 Å². The molecule has 2 aromatic rings. The largest absolute Gasteiger partial charge is 1.00 e. The first-order valence-electron chi connectivity index (χ1n) is 5.79. The molecule has 0 spiro atoms. The summed E-state index contributed by atoms with van der Waals surface area (Å²) in [5.74, 6) is 0.